The SMILES string of the molecule is CC/C=C\C/C=C\C/C=C\C/C=C\C/C=C\CCCCCC(=O)OC[C@@H](COC(=O)CCCCCCC/C=C\C/C=C\CCCC)OC(=O)CCCCCCC/C=C\C/C=C\CCCC. The van der Waals surface area contributed by atoms with E-state index in [1.54, 1.807) is 0 Å². The summed E-state index contributed by atoms with van der Waals surface area (Å²) in [4.78, 5) is 38.0. The fraction of sp³-hybridized carbons (Fsp3) is 0.644. The van der Waals surface area contributed by atoms with Gasteiger partial charge in [0.15, 0.2) is 6.10 Å². The van der Waals surface area contributed by atoms with Gasteiger partial charge < -0.3 is 14.2 Å². The quantitative estimate of drug-likeness (QED) is 0.0262. The number of rotatable bonds is 46. The van der Waals surface area contributed by atoms with Crippen LogP contribution >= 0.6 is 0 Å². The maximum absolute atomic E-state index is 12.8. The number of ether oxygens (including phenoxy) is 3. The first kappa shape index (κ1) is 61.1. The van der Waals surface area contributed by atoms with Gasteiger partial charge in [0.1, 0.15) is 13.2 Å². The Hall–Kier alpha value is -3.93. The minimum Gasteiger partial charge on any atom is -0.462 e. The molecule has 0 aliphatic heterocycles. The highest BCUT2D eigenvalue weighted by atomic mass is 16.6. The van der Waals surface area contributed by atoms with Crippen molar-refractivity contribution in [3.63, 3.8) is 0 Å². The van der Waals surface area contributed by atoms with Gasteiger partial charge in [0.25, 0.3) is 0 Å². The minimum absolute atomic E-state index is 0.104. The zero-order chi connectivity index (χ0) is 47.2. The van der Waals surface area contributed by atoms with Crippen molar-refractivity contribution in [1.82, 2.24) is 0 Å². The monoisotopic (exact) mass is 901 g/mol. The van der Waals surface area contributed by atoms with E-state index < -0.39 is 6.10 Å². The van der Waals surface area contributed by atoms with Crippen LogP contribution < -0.4 is 0 Å². The molecule has 0 aliphatic rings. The summed E-state index contributed by atoms with van der Waals surface area (Å²) in [6.45, 7) is 6.38. The molecule has 0 saturated carbocycles. The summed E-state index contributed by atoms with van der Waals surface area (Å²) in [6.07, 6.45) is 70.6. The Kier molecular flexibility index (Phi) is 49.5. The Bertz CT molecular complexity index is 1360. The van der Waals surface area contributed by atoms with Gasteiger partial charge in [-0.05, 0) is 116 Å². The van der Waals surface area contributed by atoms with Crippen molar-refractivity contribution in [3.05, 3.63) is 109 Å². The average molecular weight is 901 g/mol. The summed E-state index contributed by atoms with van der Waals surface area (Å²) in [5.41, 5.74) is 0. The maximum Gasteiger partial charge on any atom is 0.306 e. The van der Waals surface area contributed by atoms with E-state index in [4.69, 9.17) is 14.2 Å². The Balaban J connectivity index is 4.50. The molecule has 0 unspecified atom stereocenters. The van der Waals surface area contributed by atoms with Crippen LogP contribution in [0, 0.1) is 0 Å². The lowest BCUT2D eigenvalue weighted by molar-refractivity contribution is -0.167. The zero-order valence-corrected chi connectivity index (χ0v) is 42.0. The molecule has 0 amide bonds. The average Bonchev–Trinajstić information content (AvgIpc) is 3.30. The molecule has 6 nitrogen and oxygen atoms in total. The highest BCUT2D eigenvalue weighted by Gasteiger charge is 2.19. The molecule has 0 rings (SSSR count). The molecule has 0 aromatic heterocycles. The standard InChI is InChI=1S/C59H96O6/c1-4-7-10-13-16-19-22-25-28-29-30-31-32-35-37-40-43-46-49-52-58(61)64-55-56(65-59(62)53-50-47-44-41-38-34-27-24-21-18-15-12-9-6-3)54-63-57(60)51-48-45-42-39-36-33-26-23-20-17-14-11-8-5-2/h7,10,14-19,23-28,30-31,35,37,56H,4-6,8-9,11-13,20-22,29,32-34,36,38-55H2,1-3H3/b10-7-,17-14-,18-15-,19-16-,26-23-,27-24-,28-25-,31-30-,37-35-/t56-/m1/s1. The first-order valence-corrected chi connectivity index (χ1v) is 26.4. The second-order valence-corrected chi connectivity index (χ2v) is 17.0. The summed E-state index contributed by atoms with van der Waals surface area (Å²) < 4.78 is 16.8. The van der Waals surface area contributed by atoms with Crippen molar-refractivity contribution in [3.8, 4) is 0 Å². The molecule has 65 heavy (non-hydrogen) atoms. The van der Waals surface area contributed by atoms with Crippen molar-refractivity contribution in [1.29, 1.82) is 0 Å². The van der Waals surface area contributed by atoms with Crippen LogP contribution in [-0.4, -0.2) is 37.2 Å². The first-order chi connectivity index (χ1) is 32.0. The normalized spacial score (nSPS) is 13.0. The summed E-state index contributed by atoms with van der Waals surface area (Å²) in [6, 6.07) is 0. The van der Waals surface area contributed by atoms with Gasteiger partial charge in [-0.1, -0.05) is 201 Å². The molecule has 1 atom stereocenters. The molecule has 0 aromatic carbocycles. The predicted molar refractivity (Wildman–Crippen MR) is 279 cm³/mol. The fourth-order valence-corrected chi connectivity index (χ4v) is 6.74. The lowest BCUT2D eigenvalue weighted by Gasteiger charge is -2.18. The molecule has 6 heteroatoms. The van der Waals surface area contributed by atoms with Crippen LogP contribution in [0.5, 0.6) is 0 Å². The van der Waals surface area contributed by atoms with Crippen LogP contribution in [0.2, 0.25) is 0 Å². The van der Waals surface area contributed by atoms with Crippen molar-refractivity contribution < 1.29 is 28.6 Å². The van der Waals surface area contributed by atoms with Crippen molar-refractivity contribution in [2.24, 2.45) is 0 Å². The van der Waals surface area contributed by atoms with Crippen molar-refractivity contribution in [2.75, 3.05) is 13.2 Å². The van der Waals surface area contributed by atoms with Gasteiger partial charge in [-0.2, -0.15) is 0 Å². The number of unbranched alkanes of at least 4 members (excludes halogenated alkanes) is 17. The molecule has 0 aromatic rings. The Morgan fingerprint density at radius 3 is 0.954 bits per heavy atom. The molecule has 0 fully saturated rings. The Morgan fingerprint density at radius 1 is 0.323 bits per heavy atom. The zero-order valence-electron chi connectivity index (χ0n) is 42.0. The van der Waals surface area contributed by atoms with Crippen LogP contribution in [0.15, 0.2) is 109 Å². The topological polar surface area (TPSA) is 78.9 Å². The van der Waals surface area contributed by atoms with E-state index in [-0.39, 0.29) is 31.1 Å². The molecule has 368 valence electrons. The Morgan fingerprint density at radius 2 is 0.600 bits per heavy atom. The van der Waals surface area contributed by atoms with E-state index in [1.807, 2.05) is 0 Å². The third-order valence-corrected chi connectivity index (χ3v) is 10.7. The molecular formula is C59H96O6. The second kappa shape index (κ2) is 52.7. The van der Waals surface area contributed by atoms with Crippen molar-refractivity contribution in [2.45, 2.75) is 232 Å². The first-order valence-electron chi connectivity index (χ1n) is 26.4. The maximum atomic E-state index is 12.8. The van der Waals surface area contributed by atoms with E-state index in [0.717, 1.165) is 148 Å². The van der Waals surface area contributed by atoms with Gasteiger partial charge in [-0.15, -0.1) is 0 Å². The number of esters is 3. The molecule has 0 aliphatic carbocycles. The molecule has 0 bridgehead atoms. The third-order valence-electron chi connectivity index (χ3n) is 10.7. The molecule has 0 N–H and O–H groups in total. The van der Waals surface area contributed by atoms with Gasteiger partial charge in [-0.25, -0.2) is 0 Å². The smallest absolute Gasteiger partial charge is 0.306 e. The van der Waals surface area contributed by atoms with Crippen LogP contribution in [-0.2, 0) is 28.6 Å². The van der Waals surface area contributed by atoms with Crippen LogP contribution in [0.3, 0.4) is 0 Å². The van der Waals surface area contributed by atoms with Crippen LogP contribution in [0.4, 0.5) is 0 Å². The van der Waals surface area contributed by atoms with Gasteiger partial charge in [-0.3, -0.25) is 14.4 Å². The highest BCUT2D eigenvalue weighted by Crippen LogP contribution is 2.13. The van der Waals surface area contributed by atoms with Crippen LogP contribution in [0.25, 0.3) is 0 Å². The third kappa shape index (κ3) is 50.9. The lowest BCUT2D eigenvalue weighted by Crippen LogP contribution is -2.30. The van der Waals surface area contributed by atoms with E-state index >= 15 is 0 Å². The summed E-state index contributed by atoms with van der Waals surface area (Å²) in [5.74, 6) is -0.969. The molecule has 0 radical (unpaired) electrons. The van der Waals surface area contributed by atoms with E-state index in [2.05, 4.69) is 130 Å². The number of hydrogen-bond donors (Lipinski definition) is 0. The van der Waals surface area contributed by atoms with Gasteiger partial charge in [0.2, 0.25) is 0 Å². The van der Waals surface area contributed by atoms with Crippen molar-refractivity contribution >= 4 is 17.9 Å². The van der Waals surface area contributed by atoms with E-state index in [1.165, 1.54) is 38.5 Å². The molecular weight excluding hydrogens is 805 g/mol. The number of carbonyl (C=O) groups is 3. The highest BCUT2D eigenvalue weighted by molar-refractivity contribution is 5.71. The molecule has 0 spiro atoms. The molecule has 0 heterocycles. The largest absolute Gasteiger partial charge is 0.462 e. The van der Waals surface area contributed by atoms with Gasteiger partial charge in [0, 0.05) is 19.3 Å². The number of allylic oxidation sites excluding steroid dienone is 18. The summed E-state index contributed by atoms with van der Waals surface area (Å²) in [5, 5.41) is 0. The Labute approximate surface area is 400 Å². The molecule has 0 saturated heterocycles. The number of carbonyl (C=O) groups excluding carboxylic acids is 3. The van der Waals surface area contributed by atoms with Gasteiger partial charge >= 0.3 is 17.9 Å². The summed E-state index contributed by atoms with van der Waals surface area (Å²) >= 11 is 0. The minimum atomic E-state index is -0.807. The van der Waals surface area contributed by atoms with Crippen LogP contribution in [0.1, 0.15) is 226 Å². The fourth-order valence-electron chi connectivity index (χ4n) is 6.74. The second-order valence-electron chi connectivity index (χ2n) is 17.0. The van der Waals surface area contributed by atoms with Gasteiger partial charge in [0.05, 0.1) is 0 Å². The predicted octanol–water partition coefficient (Wildman–Crippen LogP) is 17.5. The number of hydrogen-bond acceptors (Lipinski definition) is 6. The van der Waals surface area contributed by atoms with E-state index in [0.29, 0.717) is 19.3 Å². The van der Waals surface area contributed by atoms with E-state index in [9.17, 15) is 14.4 Å². The lowest BCUT2D eigenvalue weighted by atomic mass is 10.1. The summed E-state index contributed by atoms with van der Waals surface area (Å²) in [7, 11) is 0.